The first-order chi connectivity index (χ1) is 7.51. The summed E-state index contributed by atoms with van der Waals surface area (Å²) in [4.78, 5) is 12.0. The van der Waals surface area contributed by atoms with Crippen LogP contribution in [0.15, 0.2) is 12.1 Å². The molecule has 0 saturated carbocycles. The summed E-state index contributed by atoms with van der Waals surface area (Å²) >= 11 is 0. The number of anilines is 1. The molecule has 0 aliphatic rings. The Morgan fingerprint density at radius 2 is 1.94 bits per heavy atom. The maximum absolute atomic E-state index is 11.8. The van der Waals surface area contributed by atoms with E-state index >= 15 is 0 Å². The molecule has 0 aromatic carbocycles. The summed E-state index contributed by atoms with van der Waals surface area (Å²) in [5, 5.41) is 22.4. The zero-order chi connectivity index (χ0) is 12.3. The minimum absolute atomic E-state index is 0.0495. The van der Waals surface area contributed by atoms with Gasteiger partial charge in [0.1, 0.15) is 11.8 Å². The molecule has 16 heavy (non-hydrogen) atoms. The molecule has 1 aromatic rings. The summed E-state index contributed by atoms with van der Waals surface area (Å²) in [5.74, 6) is 0.330. The standard InChI is InChI=1S/C10H15N3O3/c1-4-11(5-2)10-7-9(13(15)16)6-8(3)12(10)14/h6-7H,4-5H2,1-3H3. The first-order valence-corrected chi connectivity index (χ1v) is 5.14. The second-order valence-corrected chi connectivity index (χ2v) is 3.44. The minimum Gasteiger partial charge on any atom is -0.710 e. The molecule has 1 heterocycles. The molecule has 1 rings (SSSR count). The smallest absolute Gasteiger partial charge is 0.286 e. The van der Waals surface area contributed by atoms with Crippen LogP contribution < -0.4 is 9.63 Å². The van der Waals surface area contributed by atoms with Gasteiger partial charge in [0.2, 0.25) is 0 Å². The van der Waals surface area contributed by atoms with Crippen LogP contribution in [0, 0.1) is 22.2 Å². The van der Waals surface area contributed by atoms with Crippen molar-refractivity contribution in [3.8, 4) is 0 Å². The summed E-state index contributed by atoms with van der Waals surface area (Å²) in [6.45, 7) is 6.64. The molecule has 88 valence electrons. The Hall–Kier alpha value is -1.85. The van der Waals surface area contributed by atoms with E-state index in [1.807, 2.05) is 13.8 Å². The number of nitrogens with zero attached hydrogens (tertiary/aromatic N) is 3. The Morgan fingerprint density at radius 3 is 2.38 bits per heavy atom. The topological polar surface area (TPSA) is 73.3 Å². The van der Waals surface area contributed by atoms with Crippen molar-refractivity contribution in [2.24, 2.45) is 0 Å². The SMILES string of the molecule is CCN(CC)c1cc([N+](=O)[O-])cc(C)[n+]1[O-]. The lowest BCUT2D eigenvalue weighted by molar-refractivity contribution is -0.600. The predicted molar refractivity (Wildman–Crippen MR) is 60.4 cm³/mol. The van der Waals surface area contributed by atoms with Crippen molar-refractivity contribution in [2.45, 2.75) is 20.8 Å². The minimum atomic E-state index is -0.486. The zero-order valence-electron chi connectivity index (χ0n) is 9.64. The molecule has 0 fully saturated rings. The van der Waals surface area contributed by atoms with E-state index in [9.17, 15) is 15.3 Å². The van der Waals surface area contributed by atoms with Gasteiger partial charge in [0.05, 0.1) is 24.1 Å². The first kappa shape index (κ1) is 12.2. The third kappa shape index (κ3) is 2.21. The van der Waals surface area contributed by atoms with E-state index in [1.165, 1.54) is 12.1 Å². The molecule has 0 radical (unpaired) electrons. The molecular weight excluding hydrogens is 210 g/mol. The average molecular weight is 225 g/mol. The van der Waals surface area contributed by atoms with Crippen molar-refractivity contribution >= 4 is 11.5 Å². The van der Waals surface area contributed by atoms with Crippen molar-refractivity contribution in [3.63, 3.8) is 0 Å². The van der Waals surface area contributed by atoms with E-state index in [1.54, 1.807) is 11.8 Å². The highest BCUT2D eigenvalue weighted by Crippen LogP contribution is 2.18. The second kappa shape index (κ2) is 4.78. The third-order valence-electron chi connectivity index (χ3n) is 2.46. The Bertz CT molecular complexity index is 403. The maximum Gasteiger partial charge on any atom is 0.286 e. The predicted octanol–water partition coefficient (Wildman–Crippen LogP) is 1.38. The molecule has 0 unspecified atom stereocenters. The highest BCUT2D eigenvalue weighted by molar-refractivity contribution is 5.43. The van der Waals surface area contributed by atoms with Crippen LogP contribution in [0.2, 0.25) is 0 Å². The van der Waals surface area contributed by atoms with Crippen LogP contribution in [0.25, 0.3) is 0 Å². The molecule has 6 nitrogen and oxygen atoms in total. The molecule has 0 atom stereocenters. The van der Waals surface area contributed by atoms with E-state index in [2.05, 4.69) is 0 Å². The Balaban J connectivity index is 3.31. The summed E-state index contributed by atoms with van der Waals surface area (Å²) in [6, 6.07) is 2.59. The molecule has 0 amide bonds. The fourth-order valence-corrected chi connectivity index (χ4v) is 1.56. The summed E-state index contributed by atoms with van der Waals surface area (Å²) < 4.78 is 0.722. The Kier molecular flexibility index (Phi) is 3.65. The van der Waals surface area contributed by atoms with Gasteiger partial charge in [-0.3, -0.25) is 15.0 Å². The number of aromatic nitrogens is 1. The summed E-state index contributed by atoms with van der Waals surface area (Å²) in [6.07, 6.45) is 0. The molecule has 0 spiro atoms. The molecular formula is C10H15N3O3. The lowest BCUT2D eigenvalue weighted by Gasteiger charge is -2.19. The van der Waals surface area contributed by atoms with Crippen LogP contribution in [-0.4, -0.2) is 18.0 Å². The van der Waals surface area contributed by atoms with E-state index in [4.69, 9.17) is 0 Å². The fourth-order valence-electron chi connectivity index (χ4n) is 1.56. The van der Waals surface area contributed by atoms with Crippen LogP contribution in [0.5, 0.6) is 0 Å². The summed E-state index contributed by atoms with van der Waals surface area (Å²) in [7, 11) is 0. The van der Waals surface area contributed by atoms with Gasteiger partial charge in [-0.15, -0.1) is 0 Å². The van der Waals surface area contributed by atoms with E-state index in [0.717, 1.165) is 4.73 Å². The Labute approximate surface area is 93.8 Å². The normalized spacial score (nSPS) is 10.2. The van der Waals surface area contributed by atoms with Gasteiger partial charge in [0, 0.05) is 0 Å². The molecule has 0 bridgehead atoms. The fraction of sp³-hybridized carbons (Fsp3) is 0.500. The van der Waals surface area contributed by atoms with Crippen molar-refractivity contribution in [3.05, 3.63) is 33.1 Å². The lowest BCUT2D eigenvalue weighted by Crippen LogP contribution is -2.40. The molecule has 0 aliphatic heterocycles. The Morgan fingerprint density at radius 1 is 1.38 bits per heavy atom. The zero-order valence-corrected chi connectivity index (χ0v) is 9.64. The number of rotatable bonds is 4. The van der Waals surface area contributed by atoms with E-state index < -0.39 is 4.92 Å². The largest absolute Gasteiger partial charge is 0.710 e. The molecule has 0 aliphatic carbocycles. The average Bonchev–Trinajstić information content (AvgIpc) is 2.25. The van der Waals surface area contributed by atoms with Crippen LogP contribution in [-0.2, 0) is 0 Å². The second-order valence-electron chi connectivity index (χ2n) is 3.44. The van der Waals surface area contributed by atoms with Crippen LogP contribution >= 0.6 is 0 Å². The van der Waals surface area contributed by atoms with Gasteiger partial charge in [-0.2, -0.15) is 0 Å². The third-order valence-corrected chi connectivity index (χ3v) is 2.46. The van der Waals surface area contributed by atoms with Crippen molar-refractivity contribution in [2.75, 3.05) is 18.0 Å². The highest BCUT2D eigenvalue weighted by atomic mass is 16.6. The molecule has 0 saturated heterocycles. The number of hydrogen-bond donors (Lipinski definition) is 0. The summed E-state index contributed by atoms with van der Waals surface area (Å²) in [5.41, 5.74) is 0.280. The van der Waals surface area contributed by atoms with Gasteiger partial charge in [-0.1, -0.05) is 0 Å². The molecule has 0 N–H and O–H groups in total. The van der Waals surface area contributed by atoms with E-state index in [0.29, 0.717) is 24.6 Å². The van der Waals surface area contributed by atoms with Crippen molar-refractivity contribution in [1.29, 1.82) is 0 Å². The lowest BCUT2D eigenvalue weighted by atomic mass is 10.3. The quantitative estimate of drug-likeness (QED) is 0.336. The van der Waals surface area contributed by atoms with Gasteiger partial charge < -0.3 is 5.21 Å². The molecule has 6 heteroatoms. The van der Waals surface area contributed by atoms with Crippen LogP contribution in [0.3, 0.4) is 0 Å². The van der Waals surface area contributed by atoms with Gasteiger partial charge in [0.25, 0.3) is 11.5 Å². The monoisotopic (exact) mass is 225 g/mol. The van der Waals surface area contributed by atoms with Gasteiger partial charge >= 0.3 is 0 Å². The number of pyridine rings is 1. The van der Waals surface area contributed by atoms with Crippen LogP contribution in [0.4, 0.5) is 11.5 Å². The number of hydrogen-bond acceptors (Lipinski definition) is 4. The van der Waals surface area contributed by atoms with Crippen molar-refractivity contribution in [1.82, 2.24) is 0 Å². The van der Waals surface area contributed by atoms with Gasteiger partial charge in [-0.05, 0) is 20.8 Å². The van der Waals surface area contributed by atoms with Gasteiger partial charge in [-0.25, -0.2) is 4.73 Å². The van der Waals surface area contributed by atoms with Gasteiger partial charge in [0.15, 0.2) is 0 Å². The number of nitro groups is 1. The number of aryl methyl sites for hydroxylation is 1. The van der Waals surface area contributed by atoms with Crippen LogP contribution in [0.1, 0.15) is 19.5 Å². The maximum atomic E-state index is 11.8. The first-order valence-electron chi connectivity index (χ1n) is 5.14. The highest BCUT2D eigenvalue weighted by Gasteiger charge is 2.20. The van der Waals surface area contributed by atoms with Crippen molar-refractivity contribution < 1.29 is 9.65 Å². The molecule has 1 aromatic heterocycles. The van der Waals surface area contributed by atoms with E-state index in [-0.39, 0.29) is 5.69 Å².